The summed E-state index contributed by atoms with van der Waals surface area (Å²) in [4.78, 5) is 2.40. The summed E-state index contributed by atoms with van der Waals surface area (Å²) in [5.74, 6) is 1.48. The van der Waals surface area contributed by atoms with Gasteiger partial charge in [-0.1, -0.05) is 0 Å². The fraction of sp³-hybridized carbons (Fsp3) is 1.00. The molecule has 0 aromatic rings. The maximum absolute atomic E-state index is 5.79. The van der Waals surface area contributed by atoms with Crippen LogP contribution >= 0.6 is 11.6 Å². The van der Waals surface area contributed by atoms with E-state index in [2.05, 4.69) is 4.90 Å². The van der Waals surface area contributed by atoms with Crippen molar-refractivity contribution in [3.8, 4) is 0 Å². The molecular weight excluding hydrogens is 214 g/mol. The number of ether oxygens (including phenoxy) is 2. The van der Waals surface area contributed by atoms with Crippen molar-refractivity contribution in [2.75, 3.05) is 52.4 Å². The third-order valence-electron chi connectivity index (χ3n) is 2.87. The largest absolute Gasteiger partial charge is 0.383 e. The van der Waals surface area contributed by atoms with Crippen LogP contribution in [-0.2, 0) is 9.47 Å². The molecule has 0 aliphatic carbocycles. The molecule has 0 N–H and O–H groups in total. The van der Waals surface area contributed by atoms with Crippen LogP contribution < -0.4 is 0 Å². The zero-order valence-corrected chi connectivity index (χ0v) is 10.3. The van der Waals surface area contributed by atoms with Crippen LogP contribution in [0.5, 0.6) is 0 Å². The minimum absolute atomic E-state index is 0.701. The van der Waals surface area contributed by atoms with Crippen LogP contribution in [0.4, 0.5) is 0 Å². The molecule has 0 spiro atoms. The summed E-state index contributed by atoms with van der Waals surface area (Å²) in [6, 6.07) is 0. The first kappa shape index (κ1) is 13.2. The van der Waals surface area contributed by atoms with Gasteiger partial charge in [0.1, 0.15) is 0 Å². The molecule has 1 rings (SSSR count). The Bertz CT molecular complexity index is 152. The van der Waals surface area contributed by atoms with E-state index in [0.29, 0.717) is 5.88 Å². The normalized spacial score (nSPS) is 18.6. The van der Waals surface area contributed by atoms with Crippen molar-refractivity contribution in [3.05, 3.63) is 0 Å². The van der Waals surface area contributed by atoms with Gasteiger partial charge in [0, 0.05) is 45.8 Å². The lowest BCUT2D eigenvalue weighted by atomic mass is 10.00. The van der Waals surface area contributed by atoms with E-state index < -0.39 is 0 Å². The van der Waals surface area contributed by atoms with Crippen molar-refractivity contribution in [3.63, 3.8) is 0 Å². The third-order valence-corrected chi connectivity index (χ3v) is 3.04. The highest BCUT2D eigenvalue weighted by Crippen LogP contribution is 2.15. The monoisotopic (exact) mass is 235 g/mol. The molecule has 90 valence electrons. The molecular formula is C11H22ClNO2. The minimum Gasteiger partial charge on any atom is -0.383 e. The lowest BCUT2D eigenvalue weighted by Gasteiger charge is -2.29. The van der Waals surface area contributed by atoms with Gasteiger partial charge in [-0.3, -0.25) is 4.90 Å². The molecule has 1 saturated heterocycles. The molecule has 1 fully saturated rings. The number of rotatable bonds is 7. The van der Waals surface area contributed by atoms with Gasteiger partial charge in [-0.15, -0.1) is 11.6 Å². The molecule has 3 nitrogen and oxygen atoms in total. The molecule has 0 saturated carbocycles. The van der Waals surface area contributed by atoms with E-state index in [-0.39, 0.29) is 0 Å². The average molecular weight is 236 g/mol. The highest BCUT2D eigenvalue weighted by Gasteiger charge is 2.16. The van der Waals surface area contributed by atoms with Crippen molar-refractivity contribution in [1.82, 2.24) is 4.90 Å². The second-order valence-corrected chi connectivity index (χ2v) is 4.42. The SMILES string of the molecule is COCCN(CCCl)CC1CCOCC1. The molecule has 15 heavy (non-hydrogen) atoms. The summed E-state index contributed by atoms with van der Waals surface area (Å²) in [7, 11) is 1.74. The van der Waals surface area contributed by atoms with Crippen molar-refractivity contribution in [1.29, 1.82) is 0 Å². The van der Waals surface area contributed by atoms with Crippen LogP contribution in [0.25, 0.3) is 0 Å². The molecule has 4 heteroatoms. The molecule has 1 aliphatic heterocycles. The van der Waals surface area contributed by atoms with Gasteiger partial charge in [0.05, 0.1) is 6.61 Å². The van der Waals surface area contributed by atoms with Crippen molar-refractivity contribution in [2.24, 2.45) is 5.92 Å². The highest BCUT2D eigenvalue weighted by atomic mass is 35.5. The quantitative estimate of drug-likeness (QED) is 0.626. The van der Waals surface area contributed by atoms with Gasteiger partial charge < -0.3 is 9.47 Å². The van der Waals surface area contributed by atoms with Gasteiger partial charge in [0.15, 0.2) is 0 Å². The third kappa shape index (κ3) is 5.71. The van der Waals surface area contributed by atoms with Crippen LogP contribution in [0.2, 0.25) is 0 Å². The molecule has 0 radical (unpaired) electrons. The number of nitrogens with zero attached hydrogens (tertiary/aromatic N) is 1. The fourth-order valence-electron chi connectivity index (χ4n) is 1.93. The first-order valence-electron chi connectivity index (χ1n) is 5.71. The predicted octanol–water partition coefficient (Wildman–Crippen LogP) is 1.60. The number of alkyl halides is 1. The molecule has 0 atom stereocenters. The number of methoxy groups -OCH3 is 1. The molecule has 0 bridgehead atoms. The van der Waals surface area contributed by atoms with E-state index >= 15 is 0 Å². The average Bonchev–Trinajstić information content (AvgIpc) is 2.28. The van der Waals surface area contributed by atoms with Gasteiger partial charge in [-0.2, -0.15) is 0 Å². The molecule has 0 aromatic carbocycles. The smallest absolute Gasteiger partial charge is 0.0589 e. The van der Waals surface area contributed by atoms with Gasteiger partial charge in [0.2, 0.25) is 0 Å². The fourth-order valence-corrected chi connectivity index (χ4v) is 2.17. The Morgan fingerprint density at radius 2 is 2.07 bits per heavy atom. The Balaban J connectivity index is 2.21. The molecule has 0 amide bonds. The number of hydrogen-bond acceptors (Lipinski definition) is 3. The Kier molecular flexibility index (Phi) is 7.36. The summed E-state index contributed by atoms with van der Waals surface area (Å²) >= 11 is 5.79. The second-order valence-electron chi connectivity index (χ2n) is 4.04. The van der Waals surface area contributed by atoms with Gasteiger partial charge in [-0.25, -0.2) is 0 Å². The van der Waals surface area contributed by atoms with E-state index in [1.165, 1.54) is 12.8 Å². The van der Waals surface area contributed by atoms with Gasteiger partial charge in [0.25, 0.3) is 0 Å². The van der Waals surface area contributed by atoms with Crippen molar-refractivity contribution < 1.29 is 9.47 Å². The maximum Gasteiger partial charge on any atom is 0.0589 e. The van der Waals surface area contributed by atoms with Gasteiger partial charge in [-0.05, 0) is 18.8 Å². The summed E-state index contributed by atoms with van der Waals surface area (Å²) < 4.78 is 10.5. The Morgan fingerprint density at radius 1 is 1.33 bits per heavy atom. The molecule has 1 aliphatic rings. The number of hydrogen-bond donors (Lipinski definition) is 0. The summed E-state index contributed by atoms with van der Waals surface area (Å²) in [6.07, 6.45) is 2.37. The minimum atomic E-state index is 0.701. The van der Waals surface area contributed by atoms with Crippen LogP contribution in [0, 0.1) is 5.92 Å². The Hall–Kier alpha value is 0.170. The lowest BCUT2D eigenvalue weighted by molar-refractivity contribution is 0.0491. The van der Waals surface area contributed by atoms with E-state index in [0.717, 1.165) is 45.4 Å². The zero-order chi connectivity index (χ0) is 10.9. The van der Waals surface area contributed by atoms with E-state index in [4.69, 9.17) is 21.1 Å². The molecule has 0 aromatic heterocycles. The molecule has 1 heterocycles. The summed E-state index contributed by atoms with van der Waals surface area (Å²) in [5, 5.41) is 0. The highest BCUT2D eigenvalue weighted by molar-refractivity contribution is 6.18. The van der Waals surface area contributed by atoms with E-state index in [1.807, 2.05) is 0 Å². The predicted molar refractivity (Wildman–Crippen MR) is 62.6 cm³/mol. The maximum atomic E-state index is 5.79. The second kappa shape index (κ2) is 8.34. The van der Waals surface area contributed by atoms with Crippen LogP contribution in [0.15, 0.2) is 0 Å². The van der Waals surface area contributed by atoms with Crippen LogP contribution in [0.3, 0.4) is 0 Å². The lowest BCUT2D eigenvalue weighted by Crippen LogP contribution is -2.36. The summed E-state index contributed by atoms with van der Waals surface area (Å²) in [5.41, 5.74) is 0. The summed E-state index contributed by atoms with van der Waals surface area (Å²) in [6.45, 7) is 5.72. The first-order valence-corrected chi connectivity index (χ1v) is 6.25. The molecule has 0 unspecified atom stereocenters. The Labute approximate surface area is 97.7 Å². The van der Waals surface area contributed by atoms with Gasteiger partial charge >= 0.3 is 0 Å². The van der Waals surface area contributed by atoms with Crippen LogP contribution in [0.1, 0.15) is 12.8 Å². The van der Waals surface area contributed by atoms with E-state index in [9.17, 15) is 0 Å². The number of halogens is 1. The van der Waals surface area contributed by atoms with E-state index in [1.54, 1.807) is 7.11 Å². The topological polar surface area (TPSA) is 21.7 Å². The van der Waals surface area contributed by atoms with Crippen molar-refractivity contribution in [2.45, 2.75) is 12.8 Å². The standard InChI is InChI=1S/C11H22ClNO2/c1-14-9-6-13(5-4-12)10-11-2-7-15-8-3-11/h11H,2-10H2,1H3. The zero-order valence-electron chi connectivity index (χ0n) is 9.58. The van der Waals surface area contributed by atoms with Crippen molar-refractivity contribution >= 4 is 11.6 Å². The first-order chi connectivity index (χ1) is 7.36. The van der Waals surface area contributed by atoms with Crippen LogP contribution in [-0.4, -0.2) is 57.3 Å². The Morgan fingerprint density at radius 3 is 2.67 bits per heavy atom.